The van der Waals surface area contributed by atoms with Crippen LogP contribution in [0.2, 0.25) is 0 Å². The molecule has 3 heterocycles. The predicted octanol–water partition coefficient (Wildman–Crippen LogP) is 3.88. The van der Waals surface area contributed by atoms with Gasteiger partial charge in [0.25, 0.3) is 0 Å². The van der Waals surface area contributed by atoms with Gasteiger partial charge >= 0.3 is 6.18 Å². The highest BCUT2D eigenvalue weighted by Crippen LogP contribution is 2.34. The van der Waals surface area contributed by atoms with Gasteiger partial charge in [0.15, 0.2) is 0 Å². The highest BCUT2D eigenvalue weighted by molar-refractivity contribution is 5.87. The van der Waals surface area contributed by atoms with E-state index in [2.05, 4.69) is 45.9 Å². The van der Waals surface area contributed by atoms with Crippen molar-refractivity contribution in [3.05, 3.63) is 64.6 Å². The van der Waals surface area contributed by atoms with Gasteiger partial charge < -0.3 is 14.8 Å². The zero-order valence-corrected chi connectivity index (χ0v) is 17.8. The van der Waals surface area contributed by atoms with Gasteiger partial charge in [0.1, 0.15) is 5.69 Å². The first-order valence-corrected chi connectivity index (χ1v) is 10.2. The Hall–Kier alpha value is -2.87. The highest BCUT2D eigenvalue weighted by Gasteiger charge is 2.33. The predicted molar refractivity (Wildman–Crippen MR) is 113 cm³/mol. The minimum Gasteiger partial charge on any atom is -0.359 e. The molecule has 31 heavy (non-hydrogen) atoms. The Labute approximate surface area is 178 Å². The van der Waals surface area contributed by atoms with Crippen molar-refractivity contribution in [2.24, 2.45) is 0 Å². The molecule has 0 fully saturated rings. The van der Waals surface area contributed by atoms with E-state index in [-0.39, 0.29) is 5.91 Å². The maximum atomic E-state index is 12.9. The SMILES string of the molecule is CNC(=O)C(Cn1c2c(c3cc(C)ccc31)CN(C)CC2)c1ccc(C(F)(F)F)nc1. The number of nitrogens with zero attached hydrogens (tertiary/aromatic N) is 3. The van der Waals surface area contributed by atoms with Gasteiger partial charge in [-0.25, -0.2) is 0 Å². The molecule has 0 bridgehead atoms. The number of aryl methyl sites for hydroxylation is 1. The average molecular weight is 430 g/mol. The summed E-state index contributed by atoms with van der Waals surface area (Å²) >= 11 is 0. The molecular weight excluding hydrogens is 405 g/mol. The zero-order valence-electron chi connectivity index (χ0n) is 17.8. The number of hydrogen-bond donors (Lipinski definition) is 1. The van der Waals surface area contributed by atoms with Crippen molar-refractivity contribution in [3.8, 4) is 0 Å². The van der Waals surface area contributed by atoms with E-state index in [1.165, 1.54) is 36.0 Å². The topological polar surface area (TPSA) is 50.2 Å². The van der Waals surface area contributed by atoms with E-state index >= 15 is 0 Å². The van der Waals surface area contributed by atoms with Gasteiger partial charge in [0.05, 0.1) is 5.92 Å². The molecule has 0 saturated carbocycles. The minimum atomic E-state index is -4.51. The van der Waals surface area contributed by atoms with Gasteiger partial charge in [0.2, 0.25) is 5.91 Å². The highest BCUT2D eigenvalue weighted by atomic mass is 19.4. The Morgan fingerprint density at radius 1 is 1.26 bits per heavy atom. The number of pyridine rings is 1. The number of benzene rings is 1. The number of likely N-dealkylation sites (N-methyl/N-ethyl adjacent to an activating group) is 2. The van der Waals surface area contributed by atoms with Crippen molar-refractivity contribution in [2.45, 2.75) is 38.5 Å². The smallest absolute Gasteiger partial charge is 0.359 e. The first-order valence-electron chi connectivity index (χ1n) is 10.2. The van der Waals surface area contributed by atoms with Crippen LogP contribution in [0.4, 0.5) is 13.2 Å². The Kier molecular flexibility index (Phi) is 5.51. The molecule has 164 valence electrons. The van der Waals surface area contributed by atoms with Gasteiger partial charge in [-0.05, 0) is 43.3 Å². The van der Waals surface area contributed by atoms with Crippen molar-refractivity contribution >= 4 is 16.8 Å². The fourth-order valence-corrected chi connectivity index (χ4v) is 4.38. The summed E-state index contributed by atoms with van der Waals surface area (Å²) in [7, 11) is 3.62. The summed E-state index contributed by atoms with van der Waals surface area (Å²) in [4.78, 5) is 18.6. The third-order valence-corrected chi connectivity index (χ3v) is 6.01. The van der Waals surface area contributed by atoms with Gasteiger partial charge in [-0.1, -0.05) is 17.7 Å². The zero-order chi connectivity index (χ0) is 22.3. The Morgan fingerprint density at radius 2 is 2.03 bits per heavy atom. The van der Waals surface area contributed by atoms with Crippen molar-refractivity contribution in [2.75, 3.05) is 20.6 Å². The number of nitrogens with one attached hydrogen (secondary N) is 1. The number of fused-ring (bicyclic) bond motifs is 3. The number of alkyl halides is 3. The van der Waals surface area contributed by atoms with Crippen molar-refractivity contribution in [3.63, 3.8) is 0 Å². The van der Waals surface area contributed by atoms with Crippen LogP contribution in [-0.4, -0.2) is 41.0 Å². The van der Waals surface area contributed by atoms with Gasteiger partial charge in [-0.3, -0.25) is 9.78 Å². The van der Waals surface area contributed by atoms with Gasteiger partial charge in [-0.15, -0.1) is 0 Å². The summed E-state index contributed by atoms with van der Waals surface area (Å²) in [5.74, 6) is -0.905. The third kappa shape index (κ3) is 4.04. The van der Waals surface area contributed by atoms with E-state index in [4.69, 9.17) is 0 Å². The third-order valence-electron chi connectivity index (χ3n) is 6.01. The molecule has 5 nitrogen and oxygen atoms in total. The number of carbonyl (C=O) groups is 1. The minimum absolute atomic E-state index is 0.253. The quantitative estimate of drug-likeness (QED) is 0.684. The Morgan fingerprint density at radius 3 is 2.68 bits per heavy atom. The second kappa shape index (κ2) is 8.00. The second-order valence-corrected chi connectivity index (χ2v) is 8.19. The molecule has 1 N–H and O–H groups in total. The summed E-state index contributed by atoms with van der Waals surface area (Å²) < 4.78 is 40.9. The molecule has 1 amide bonds. The summed E-state index contributed by atoms with van der Waals surface area (Å²) in [6, 6.07) is 8.56. The Bertz CT molecular complexity index is 1120. The van der Waals surface area contributed by atoms with E-state index in [0.717, 1.165) is 36.7 Å². The summed E-state index contributed by atoms with van der Waals surface area (Å²) in [6.07, 6.45) is -2.50. The van der Waals surface area contributed by atoms with Crippen LogP contribution in [-0.2, 0) is 30.5 Å². The van der Waals surface area contributed by atoms with Gasteiger partial charge in [0, 0.05) is 55.9 Å². The monoisotopic (exact) mass is 430 g/mol. The summed E-state index contributed by atoms with van der Waals surface area (Å²) in [5.41, 5.74) is 4.15. The molecule has 2 aromatic heterocycles. The number of rotatable bonds is 4. The molecule has 0 radical (unpaired) electrons. The lowest BCUT2D eigenvalue weighted by atomic mass is 9.99. The van der Waals surface area contributed by atoms with Crippen LogP contribution >= 0.6 is 0 Å². The fraction of sp³-hybridized carbons (Fsp3) is 0.391. The molecule has 1 atom stereocenters. The lowest BCUT2D eigenvalue weighted by Gasteiger charge is -2.25. The molecule has 1 aromatic carbocycles. The van der Waals surface area contributed by atoms with Crippen LogP contribution in [0, 0.1) is 6.92 Å². The van der Waals surface area contributed by atoms with Crippen LogP contribution in [0.3, 0.4) is 0 Å². The molecule has 0 spiro atoms. The number of halogens is 3. The molecule has 1 unspecified atom stereocenters. The normalized spacial score (nSPS) is 15.7. The first-order chi connectivity index (χ1) is 14.7. The number of amides is 1. The van der Waals surface area contributed by atoms with E-state index in [0.29, 0.717) is 12.1 Å². The fourth-order valence-electron chi connectivity index (χ4n) is 4.38. The molecule has 3 aromatic rings. The lowest BCUT2D eigenvalue weighted by molar-refractivity contribution is -0.141. The molecule has 0 saturated heterocycles. The van der Waals surface area contributed by atoms with Gasteiger partial charge in [-0.2, -0.15) is 13.2 Å². The second-order valence-electron chi connectivity index (χ2n) is 8.19. The maximum absolute atomic E-state index is 12.9. The van der Waals surface area contributed by atoms with Crippen LogP contribution < -0.4 is 5.32 Å². The largest absolute Gasteiger partial charge is 0.433 e. The summed E-state index contributed by atoms with van der Waals surface area (Å²) in [6.45, 7) is 4.13. The number of aromatic nitrogens is 2. The molecule has 1 aliphatic heterocycles. The van der Waals surface area contributed by atoms with E-state index in [1.54, 1.807) is 0 Å². The van der Waals surface area contributed by atoms with Crippen molar-refractivity contribution < 1.29 is 18.0 Å². The van der Waals surface area contributed by atoms with Crippen molar-refractivity contribution in [1.29, 1.82) is 0 Å². The van der Waals surface area contributed by atoms with E-state index in [9.17, 15) is 18.0 Å². The molecular formula is C23H25F3N4O. The number of hydrogen-bond acceptors (Lipinski definition) is 3. The molecule has 0 aliphatic carbocycles. The van der Waals surface area contributed by atoms with Crippen molar-refractivity contribution in [1.82, 2.24) is 19.8 Å². The maximum Gasteiger partial charge on any atom is 0.433 e. The standard InChI is InChI=1S/C23H25F3N4O/c1-14-4-6-19-16(10-14)18-12-29(3)9-8-20(18)30(19)13-17(22(31)27-2)15-5-7-21(28-11-15)23(24,25)26/h4-7,10-11,17H,8-9,12-13H2,1-3H3,(H,27,31). The lowest BCUT2D eigenvalue weighted by Crippen LogP contribution is -2.31. The average Bonchev–Trinajstić information content (AvgIpc) is 3.03. The number of carbonyl (C=O) groups excluding carboxylic acids is 1. The van der Waals surface area contributed by atoms with Crippen LogP contribution in [0.5, 0.6) is 0 Å². The van der Waals surface area contributed by atoms with Crippen LogP contribution in [0.15, 0.2) is 36.5 Å². The van der Waals surface area contributed by atoms with E-state index in [1.807, 2.05) is 6.07 Å². The van der Waals surface area contributed by atoms with E-state index < -0.39 is 17.8 Å². The molecule has 4 rings (SSSR count). The first kappa shape index (κ1) is 21.4. The van der Waals surface area contributed by atoms with Crippen LogP contribution in [0.25, 0.3) is 10.9 Å². The Balaban J connectivity index is 1.79. The summed E-state index contributed by atoms with van der Waals surface area (Å²) in [5, 5.41) is 3.82. The van der Waals surface area contributed by atoms with Crippen LogP contribution in [0.1, 0.15) is 34.0 Å². The molecule has 1 aliphatic rings. The molecule has 8 heteroatoms.